The highest BCUT2D eigenvalue weighted by Gasteiger charge is 2.48. The molecule has 0 aliphatic carbocycles. The highest BCUT2D eigenvalue weighted by molar-refractivity contribution is 5.66. The molecule has 0 bridgehead atoms. The summed E-state index contributed by atoms with van der Waals surface area (Å²) in [5, 5.41) is 20.2. The van der Waals surface area contributed by atoms with Crippen molar-refractivity contribution in [3.8, 4) is 0 Å². The van der Waals surface area contributed by atoms with Crippen molar-refractivity contribution in [2.75, 3.05) is 6.61 Å². The second-order valence-electron chi connectivity index (χ2n) is 6.84. The molecule has 1 fully saturated rings. The van der Waals surface area contributed by atoms with Crippen LogP contribution in [-0.2, 0) is 37.0 Å². The lowest BCUT2D eigenvalue weighted by Gasteiger charge is -2.43. The van der Waals surface area contributed by atoms with Crippen molar-refractivity contribution in [1.29, 1.82) is 0 Å². The first kappa shape index (κ1) is 21.4. The summed E-state index contributed by atoms with van der Waals surface area (Å²) in [6.07, 6.45) is -4.97. The fourth-order valence-electron chi connectivity index (χ4n) is 3.28. The molecule has 0 amide bonds. The lowest BCUT2D eigenvalue weighted by molar-refractivity contribution is -0.308. The zero-order valence-electron chi connectivity index (χ0n) is 16.2. The summed E-state index contributed by atoms with van der Waals surface area (Å²) in [6.45, 7) is 1.29. The van der Waals surface area contributed by atoms with Crippen LogP contribution in [0.2, 0.25) is 0 Å². The predicted molar refractivity (Wildman–Crippen MR) is 104 cm³/mol. The minimum Gasteiger partial charge on any atom is -0.457 e. The molecular weight excluding hydrogens is 376 g/mol. The van der Waals surface area contributed by atoms with Gasteiger partial charge in [-0.15, -0.1) is 0 Å². The van der Waals surface area contributed by atoms with Crippen molar-refractivity contribution in [2.24, 2.45) is 0 Å². The summed E-state index contributed by atoms with van der Waals surface area (Å²) in [6, 6.07) is 18.9. The number of rotatable bonds is 8. The molecule has 1 aliphatic heterocycles. The maximum atomic E-state index is 11.7. The van der Waals surface area contributed by atoms with Gasteiger partial charge in [0.15, 0.2) is 12.4 Å². The smallest absolute Gasteiger partial charge is 0.303 e. The van der Waals surface area contributed by atoms with Crippen molar-refractivity contribution in [1.82, 2.24) is 0 Å². The SMILES string of the molecule is CC(=O)O[C@@H]1[C@@H](OCc2ccccc2)[C@@H](O)O[C@H](CO)[C@H]1OCc1ccccc1. The van der Waals surface area contributed by atoms with E-state index in [1.165, 1.54) is 6.92 Å². The molecule has 1 saturated heterocycles. The second-order valence-corrected chi connectivity index (χ2v) is 6.84. The Morgan fingerprint density at radius 1 is 0.897 bits per heavy atom. The fourth-order valence-corrected chi connectivity index (χ4v) is 3.28. The molecule has 0 unspecified atom stereocenters. The Hall–Kier alpha value is -2.29. The van der Waals surface area contributed by atoms with Gasteiger partial charge in [0.2, 0.25) is 0 Å². The van der Waals surface area contributed by atoms with Crippen molar-refractivity contribution >= 4 is 5.97 Å². The van der Waals surface area contributed by atoms with Crippen LogP contribution in [0.1, 0.15) is 18.1 Å². The van der Waals surface area contributed by atoms with Crippen LogP contribution in [-0.4, -0.2) is 53.5 Å². The van der Waals surface area contributed by atoms with Gasteiger partial charge in [-0.1, -0.05) is 60.7 Å². The Morgan fingerprint density at radius 2 is 1.41 bits per heavy atom. The predicted octanol–water partition coefficient (Wildman–Crippen LogP) is 1.80. The molecule has 2 N–H and O–H groups in total. The molecule has 7 heteroatoms. The van der Waals surface area contributed by atoms with E-state index in [-0.39, 0.29) is 13.2 Å². The number of hydrogen-bond acceptors (Lipinski definition) is 7. The summed E-state index contributed by atoms with van der Waals surface area (Å²) in [5.74, 6) is -0.539. The third-order valence-electron chi connectivity index (χ3n) is 4.66. The van der Waals surface area contributed by atoms with E-state index < -0.39 is 43.3 Å². The van der Waals surface area contributed by atoms with Crippen molar-refractivity contribution in [2.45, 2.75) is 50.8 Å². The summed E-state index contributed by atoms with van der Waals surface area (Å²) >= 11 is 0. The second kappa shape index (κ2) is 10.5. The van der Waals surface area contributed by atoms with Gasteiger partial charge in [-0.25, -0.2) is 0 Å². The van der Waals surface area contributed by atoms with Crippen LogP contribution in [0.5, 0.6) is 0 Å². The maximum absolute atomic E-state index is 11.7. The summed E-state index contributed by atoms with van der Waals surface area (Å²) in [5.41, 5.74) is 1.81. The van der Waals surface area contributed by atoms with E-state index >= 15 is 0 Å². The average molecular weight is 402 g/mol. The van der Waals surface area contributed by atoms with Crippen molar-refractivity contribution in [3.63, 3.8) is 0 Å². The fraction of sp³-hybridized carbons (Fsp3) is 0.409. The molecular formula is C22H26O7. The third kappa shape index (κ3) is 5.85. The first-order chi connectivity index (χ1) is 14.1. The Kier molecular flexibility index (Phi) is 7.74. The molecule has 0 spiro atoms. The first-order valence-corrected chi connectivity index (χ1v) is 9.51. The molecule has 2 aromatic rings. The normalized spacial score (nSPS) is 26.8. The lowest BCUT2D eigenvalue weighted by atomic mass is 9.98. The molecule has 1 aliphatic rings. The lowest BCUT2D eigenvalue weighted by Crippen LogP contribution is -2.61. The zero-order chi connectivity index (χ0) is 20.6. The Morgan fingerprint density at radius 3 is 1.90 bits per heavy atom. The number of esters is 1. The van der Waals surface area contributed by atoms with E-state index in [0.29, 0.717) is 0 Å². The number of hydrogen-bond donors (Lipinski definition) is 2. The average Bonchev–Trinajstić information content (AvgIpc) is 2.73. The molecule has 1 heterocycles. The molecule has 156 valence electrons. The number of benzene rings is 2. The van der Waals surface area contributed by atoms with Gasteiger partial charge < -0.3 is 29.2 Å². The standard InChI is InChI=1S/C22H26O7/c1-15(24)28-20-19(26-13-16-8-4-2-5-9-16)18(12-23)29-22(25)21(20)27-14-17-10-6-3-7-11-17/h2-11,18-23,25H,12-14H2,1H3/t18-,19-,20+,21-,22+/m1/s1. The number of ether oxygens (including phenoxy) is 4. The van der Waals surface area contributed by atoms with Crippen LogP contribution >= 0.6 is 0 Å². The highest BCUT2D eigenvalue weighted by Crippen LogP contribution is 2.28. The quantitative estimate of drug-likeness (QED) is 0.650. The van der Waals surface area contributed by atoms with E-state index in [9.17, 15) is 15.0 Å². The van der Waals surface area contributed by atoms with Crippen LogP contribution in [0, 0.1) is 0 Å². The first-order valence-electron chi connectivity index (χ1n) is 9.51. The van der Waals surface area contributed by atoms with Gasteiger partial charge in [-0.2, -0.15) is 0 Å². The molecule has 3 rings (SSSR count). The Bertz CT molecular complexity index is 752. The van der Waals surface area contributed by atoms with Crippen LogP contribution < -0.4 is 0 Å². The van der Waals surface area contributed by atoms with E-state index in [1.807, 2.05) is 60.7 Å². The minimum atomic E-state index is -1.38. The van der Waals surface area contributed by atoms with Gasteiger partial charge in [0.25, 0.3) is 0 Å². The molecule has 0 aromatic heterocycles. The van der Waals surface area contributed by atoms with Gasteiger partial charge in [0.05, 0.1) is 19.8 Å². The molecule has 2 aromatic carbocycles. The number of carbonyl (C=O) groups is 1. The summed E-state index contributed by atoms with van der Waals surface area (Å²) in [7, 11) is 0. The van der Waals surface area contributed by atoms with Crippen molar-refractivity contribution in [3.05, 3.63) is 71.8 Å². The largest absolute Gasteiger partial charge is 0.457 e. The molecule has 5 atom stereocenters. The number of aliphatic hydroxyl groups is 2. The van der Waals surface area contributed by atoms with E-state index in [0.717, 1.165) is 11.1 Å². The molecule has 7 nitrogen and oxygen atoms in total. The van der Waals surface area contributed by atoms with Crippen LogP contribution in [0.4, 0.5) is 0 Å². The third-order valence-corrected chi connectivity index (χ3v) is 4.66. The maximum Gasteiger partial charge on any atom is 0.303 e. The monoisotopic (exact) mass is 402 g/mol. The van der Waals surface area contributed by atoms with Gasteiger partial charge in [-0.05, 0) is 11.1 Å². The van der Waals surface area contributed by atoms with Gasteiger partial charge in [0, 0.05) is 6.92 Å². The molecule has 0 saturated carbocycles. The number of carbonyl (C=O) groups excluding carboxylic acids is 1. The minimum absolute atomic E-state index is 0.193. The topological polar surface area (TPSA) is 94.5 Å². The van der Waals surface area contributed by atoms with E-state index in [2.05, 4.69) is 0 Å². The van der Waals surface area contributed by atoms with Crippen molar-refractivity contribution < 1.29 is 34.0 Å². The van der Waals surface area contributed by atoms with E-state index in [4.69, 9.17) is 18.9 Å². The van der Waals surface area contributed by atoms with Gasteiger partial charge in [-0.3, -0.25) is 4.79 Å². The van der Waals surface area contributed by atoms with Crippen LogP contribution in [0.25, 0.3) is 0 Å². The van der Waals surface area contributed by atoms with Crippen LogP contribution in [0.15, 0.2) is 60.7 Å². The zero-order valence-corrected chi connectivity index (χ0v) is 16.2. The summed E-state index contributed by atoms with van der Waals surface area (Å²) < 4.78 is 22.8. The molecule has 0 radical (unpaired) electrons. The number of aliphatic hydroxyl groups excluding tert-OH is 2. The Balaban J connectivity index is 1.76. The van der Waals surface area contributed by atoms with Crippen LogP contribution in [0.3, 0.4) is 0 Å². The summed E-state index contributed by atoms with van der Waals surface area (Å²) in [4.78, 5) is 11.7. The highest BCUT2D eigenvalue weighted by atomic mass is 16.7. The Labute approximate surface area is 169 Å². The van der Waals surface area contributed by atoms with Gasteiger partial charge >= 0.3 is 5.97 Å². The molecule has 29 heavy (non-hydrogen) atoms. The van der Waals surface area contributed by atoms with Gasteiger partial charge in [0.1, 0.15) is 18.3 Å². The van der Waals surface area contributed by atoms with E-state index in [1.54, 1.807) is 0 Å².